The Bertz CT molecular complexity index is 1120. The van der Waals surface area contributed by atoms with E-state index >= 15 is 0 Å². The number of hydrogen-bond acceptors (Lipinski definition) is 5. The fraction of sp³-hybridized carbons (Fsp3) is 0.364. The summed E-state index contributed by atoms with van der Waals surface area (Å²) < 4.78 is 0. The van der Waals surface area contributed by atoms with Crippen LogP contribution in [0.5, 0.6) is 5.75 Å². The highest BCUT2D eigenvalue weighted by molar-refractivity contribution is 6.31. The van der Waals surface area contributed by atoms with Gasteiger partial charge in [0.25, 0.3) is 0 Å². The molecule has 4 rings (SSSR count). The van der Waals surface area contributed by atoms with Crippen LogP contribution in [0.4, 0.5) is 0 Å². The molecule has 30 heavy (non-hydrogen) atoms. The highest BCUT2D eigenvalue weighted by Crippen LogP contribution is 2.39. The van der Waals surface area contributed by atoms with Crippen molar-refractivity contribution in [2.75, 3.05) is 0 Å². The second kappa shape index (κ2) is 8.07. The Morgan fingerprint density at radius 1 is 0.867 bits per heavy atom. The maximum atomic E-state index is 10.9. The minimum atomic E-state index is -0.198. The molecule has 7 nitrogen and oxygen atoms in total. The molecule has 2 aromatic heterocycles. The molecule has 0 saturated carbocycles. The quantitative estimate of drug-likeness (QED) is 0.437. The molecule has 2 heterocycles. The van der Waals surface area contributed by atoms with E-state index in [1.54, 1.807) is 24.5 Å². The van der Waals surface area contributed by atoms with E-state index in [4.69, 9.17) is 11.6 Å². The van der Waals surface area contributed by atoms with Crippen LogP contribution in [0.25, 0.3) is 16.7 Å². The van der Waals surface area contributed by atoms with Crippen LogP contribution in [-0.4, -0.2) is 35.5 Å². The van der Waals surface area contributed by atoms with Crippen molar-refractivity contribution in [3.05, 3.63) is 58.9 Å². The van der Waals surface area contributed by atoms with E-state index in [1.165, 1.54) is 4.80 Å². The number of halogens is 1. The van der Waals surface area contributed by atoms with Crippen LogP contribution in [0.3, 0.4) is 0 Å². The van der Waals surface area contributed by atoms with Crippen LogP contribution in [0.15, 0.2) is 42.7 Å². The third kappa shape index (κ3) is 4.79. The third-order valence-electron chi connectivity index (χ3n) is 4.65. The number of aromatic amines is 1. The Balaban J connectivity index is 0.000000448. The minimum absolute atomic E-state index is 0.0572. The van der Waals surface area contributed by atoms with Crippen LogP contribution in [-0.2, 0) is 10.8 Å². The van der Waals surface area contributed by atoms with Crippen molar-refractivity contribution in [1.82, 2.24) is 30.4 Å². The summed E-state index contributed by atoms with van der Waals surface area (Å²) in [4.78, 5) is 1.50. The Kier molecular flexibility index (Phi) is 5.85. The van der Waals surface area contributed by atoms with Crippen molar-refractivity contribution in [2.24, 2.45) is 0 Å². The van der Waals surface area contributed by atoms with Gasteiger partial charge in [0.05, 0.1) is 12.4 Å². The first kappa shape index (κ1) is 21.8. The molecule has 0 spiro atoms. The van der Waals surface area contributed by atoms with Gasteiger partial charge in [-0.25, -0.2) is 0 Å². The molecule has 0 fully saturated rings. The normalized spacial score (nSPS) is 12.0. The van der Waals surface area contributed by atoms with Gasteiger partial charge in [-0.3, -0.25) is 0 Å². The molecule has 0 amide bonds. The number of aromatic hydroxyl groups is 1. The zero-order valence-corrected chi connectivity index (χ0v) is 18.9. The SMILES string of the molecule is CC(C)(C)c1cc(-n2nc3ccc(Cl)cc3n2)c(O)c(C(C)(C)C)c1.c1cn[nH]n1. The zero-order valence-electron chi connectivity index (χ0n) is 18.1. The Labute approximate surface area is 181 Å². The topological polar surface area (TPSA) is 92.5 Å². The molecule has 8 heteroatoms. The fourth-order valence-corrected chi connectivity index (χ4v) is 3.10. The number of rotatable bonds is 1. The van der Waals surface area contributed by atoms with Crippen molar-refractivity contribution in [3.8, 4) is 11.4 Å². The van der Waals surface area contributed by atoms with Crippen molar-refractivity contribution in [1.29, 1.82) is 0 Å². The second-order valence-electron chi connectivity index (χ2n) is 9.17. The molecule has 2 aromatic carbocycles. The van der Waals surface area contributed by atoms with Crippen molar-refractivity contribution in [3.63, 3.8) is 0 Å². The molecule has 0 unspecified atom stereocenters. The molecule has 4 aromatic rings. The summed E-state index contributed by atoms with van der Waals surface area (Å²) in [7, 11) is 0. The van der Waals surface area contributed by atoms with E-state index in [9.17, 15) is 5.11 Å². The van der Waals surface area contributed by atoms with Crippen LogP contribution in [0.2, 0.25) is 5.02 Å². The van der Waals surface area contributed by atoms with Crippen molar-refractivity contribution in [2.45, 2.75) is 52.4 Å². The van der Waals surface area contributed by atoms with Gasteiger partial charge in [-0.2, -0.15) is 15.4 Å². The summed E-state index contributed by atoms with van der Waals surface area (Å²) in [6.45, 7) is 12.7. The first-order valence-electron chi connectivity index (χ1n) is 9.67. The average molecular weight is 427 g/mol. The molecule has 0 radical (unpaired) electrons. The number of phenols is 1. The molecule has 0 aliphatic rings. The molecule has 0 bridgehead atoms. The van der Waals surface area contributed by atoms with Gasteiger partial charge in [0, 0.05) is 10.6 Å². The highest BCUT2D eigenvalue weighted by atomic mass is 35.5. The highest BCUT2D eigenvalue weighted by Gasteiger charge is 2.26. The largest absolute Gasteiger partial charge is 0.505 e. The Hall–Kier alpha value is -2.93. The minimum Gasteiger partial charge on any atom is -0.505 e. The number of hydrogen-bond donors (Lipinski definition) is 2. The fourth-order valence-electron chi connectivity index (χ4n) is 2.94. The first-order chi connectivity index (χ1) is 14.0. The van der Waals surface area contributed by atoms with Gasteiger partial charge in [0.2, 0.25) is 0 Å². The molecule has 0 aliphatic carbocycles. The summed E-state index contributed by atoms with van der Waals surface area (Å²) in [5, 5.41) is 29.9. The van der Waals surface area contributed by atoms with Gasteiger partial charge >= 0.3 is 0 Å². The van der Waals surface area contributed by atoms with Crippen molar-refractivity contribution >= 4 is 22.6 Å². The van der Waals surface area contributed by atoms with E-state index in [-0.39, 0.29) is 16.6 Å². The number of phenolic OH excluding ortho intramolecular Hbond substituents is 1. The van der Waals surface area contributed by atoms with E-state index in [0.717, 1.165) is 16.6 Å². The van der Waals surface area contributed by atoms with Crippen LogP contribution >= 0.6 is 11.6 Å². The molecule has 158 valence electrons. The van der Waals surface area contributed by atoms with Gasteiger partial charge in [0.1, 0.15) is 22.5 Å². The smallest absolute Gasteiger partial charge is 0.146 e. The number of nitrogens with zero attached hydrogens (tertiary/aromatic N) is 5. The number of aromatic nitrogens is 6. The van der Waals surface area contributed by atoms with Gasteiger partial charge in [-0.15, -0.1) is 15.0 Å². The molecule has 2 N–H and O–H groups in total. The lowest BCUT2D eigenvalue weighted by Gasteiger charge is -2.27. The third-order valence-corrected chi connectivity index (χ3v) is 4.89. The predicted molar refractivity (Wildman–Crippen MR) is 119 cm³/mol. The number of benzene rings is 2. The molecular weight excluding hydrogens is 400 g/mol. The van der Waals surface area contributed by atoms with Crippen LogP contribution in [0, 0.1) is 0 Å². The molecule has 0 aliphatic heterocycles. The van der Waals surface area contributed by atoms with Crippen molar-refractivity contribution < 1.29 is 5.11 Å². The monoisotopic (exact) mass is 426 g/mol. The standard InChI is InChI=1S/C20H24ClN3O.C2H3N3/c1-19(2,3)12-9-14(20(4,5)6)18(25)17(10-12)24-22-15-8-7-13(21)11-16(15)23-24;1-2-4-5-3-1/h7-11,25H,1-6H3;1-2H,(H,3,4,5). The number of nitrogens with one attached hydrogen (secondary N) is 1. The summed E-state index contributed by atoms with van der Waals surface area (Å²) in [5.74, 6) is 0.215. The van der Waals surface area contributed by atoms with E-state index in [0.29, 0.717) is 16.2 Å². The average Bonchev–Trinajstić information content (AvgIpc) is 3.32. The predicted octanol–water partition coefficient (Wildman–Crippen LogP) is 5.18. The molecule has 0 atom stereocenters. The van der Waals surface area contributed by atoms with E-state index in [2.05, 4.69) is 73.2 Å². The summed E-state index contributed by atoms with van der Waals surface area (Å²) in [5.41, 5.74) is 3.78. The van der Waals surface area contributed by atoms with Crippen LogP contribution < -0.4 is 0 Å². The van der Waals surface area contributed by atoms with Gasteiger partial charge < -0.3 is 5.11 Å². The lowest BCUT2D eigenvalue weighted by atomic mass is 9.80. The maximum Gasteiger partial charge on any atom is 0.146 e. The number of fused-ring (bicyclic) bond motifs is 1. The summed E-state index contributed by atoms with van der Waals surface area (Å²) in [6.07, 6.45) is 3.17. The maximum absolute atomic E-state index is 10.9. The van der Waals surface area contributed by atoms with Gasteiger partial charge in [-0.1, -0.05) is 59.2 Å². The second-order valence-corrected chi connectivity index (χ2v) is 9.61. The lowest BCUT2D eigenvalue weighted by Crippen LogP contribution is -2.18. The Morgan fingerprint density at radius 3 is 2.03 bits per heavy atom. The van der Waals surface area contributed by atoms with Crippen LogP contribution in [0.1, 0.15) is 52.7 Å². The zero-order chi connectivity index (χ0) is 22.1. The summed E-state index contributed by atoms with van der Waals surface area (Å²) in [6, 6.07) is 9.44. The van der Waals surface area contributed by atoms with Gasteiger partial charge in [-0.05, 0) is 40.7 Å². The Morgan fingerprint density at radius 2 is 1.50 bits per heavy atom. The summed E-state index contributed by atoms with van der Waals surface area (Å²) >= 11 is 6.05. The van der Waals surface area contributed by atoms with Gasteiger partial charge in [0.15, 0.2) is 0 Å². The van der Waals surface area contributed by atoms with E-state index < -0.39 is 0 Å². The molecular formula is C22H27ClN6O. The lowest BCUT2D eigenvalue weighted by molar-refractivity contribution is 0.438. The molecule has 0 saturated heterocycles. The van der Waals surface area contributed by atoms with E-state index in [1.807, 2.05) is 12.1 Å². The first-order valence-corrected chi connectivity index (χ1v) is 10.1. The number of H-pyrrole nitrogens is 1.